The van der Waals surface area contributed by atoms with Gasteiger partial charge in [0.1, 0.15) is 5.82 Å². The number of fused-ring (bicyclic) bond motifs is 1. The zero-order valence-corrected chi connectivity index (χ0v) is 18.4. The highest BCUT2D eigenvalue weighted by atomic mass is 35.5. The van der Waals surface area contributed by atoms with Crippen LogP contribution in [0, 0.1) is 5.82 Å². The van der Waals surface area contributed by atoms with Gasteiger partial charge in [-0.05, 0) is 42.8 Å². The molecule has 4 rings (SSSR count). The van der Waals surface area contributed by atoms with Gasteiger partial charge in [0.2, 0.25) is 0 Å². The van der Waals surface area contributed by atoms with Crippen molar-refractivity contribution in [1.82, 2.24) is 9.88 Å². The summed E-state index contributed by atoms with van der Waals surface area (Å²) < 4.78 is 19.7. The lowest BCUT2D eigenvalue weighted by Crippen LogP contribution is -2.39. The summed E-state index contributed by atoms with van der Waals surface area (Å²) in [6, 6.07) is 9.23. The predicted octanol–water partition coefficient (Wildman–Crippen LogP) is 5.11. The van der Waals surface area contributed by atoms with E-state index in [0.717, 1.165) is 39.3 Å². The quantitative estimate of drug-likeness (QED) is 0.505. The molecule has 2 aromatic carbocycles. The van der Waals surface area contributed by atoms with Gasteiger partial charge in [-0.25, -0.2) is 9.37 Å². The molecule has 0 atom stereocenters. The summed E-state index contributed by atoms with van der Waals surface area (Å²) in [5, 5.41) is 1.27. The summed E-state index contributed by atoms with van der Waals surface area (Å²) >= 11 is 13.7. The van der Waals surface area contributed by atoms with Crippen LogP contribution in [0.15, 0.2) is 36.4 Å². The first kappa shape index (κ1) is 21.5. The number of hydrogen-bond donors (Lipinski definition) is 0. The molecule has 1 amide bonds. The van der Waals surface area contributed by atoms with Crippen molar-refractivity contribution in [2.45, 2.75) is 6.42 Å². The Kier molecular flexibility index (Phi) is 6.85. The molecule has 2 heterocycles. The summed E-state index contributed by atoms with van der Waals surface area (Å²) in [6.45, 7) is 4.52. The van der Waals surface area contributed by atoms with Crippen LogP contribution in [0.3, 0.4) is 0 Å². The number of anilines is 1. The molecule has 1 aliphatic heterocycles. The first-order valence-corrected chi connectivity index (χ1v) is 11.2. The maximum Gasteiger partial charge on any atom is 0.261 e. The number of rotatable bonds is 6. The van der Waals surface area contributed by atoms with Crippen LogP contribution in [-0.2, 0) is 4.74 Å². The fourth-order valence-corrected chi connectivity index (χ4v) is 4.76. The van der Waals surface area contributed by atoms with Crippen LogP contribution in [0.4, 0.5) is 9.52 Å². The number of carbonyl (C=O) groups excluding carboxylic acids is 1. The summed E-state index contributed by atoms with van der Waals surface area (Å²) in [6.07, 6.45) is 0.758. The van der Waals surface area contributed by atoms with Gasteiger partial charge in [0.15, 0.2) is 5.13 Å². The summed E-state index contributed by atoms with van der Waals surface area (Å²) in [5.41, 5.74) is 0.973. The van der Waals surface area contributed by atoms with Crippen molar-refractivity contribution < 1.29 is 13.9 Å². The molecule has 1 fully saturated rings. The second kappa shape index (κ2) is 9.58. The number of ether oxygens (including phenoxy) is 1. The normalized spacial score (nSPS) is 14.9. The topological polar surface area (TPSA) is 45.7 Å². The zero-order chi connectivity index (χ0) is 21.1. The van der Waals surface area contributed by atoms with E-state index < -0.39 is 0 Å². The van der Waals surface area contributed by atoms with E-state index in [1.54, 1.807) is 29.2 Å². The molecular weight excluding hydrogens is 448 g/mol. The molecule has 0 saturated carbocycles. The number of benzene rings is 2. The maximum absolute atomic E-state index is 13.6. The number of halogens is 3. The van der Waals surface area contributed by atoms with Crippen molar-refractivity contribution in [2.75, 3.05) is 44.3 Å². The van der Waals surface area contributed by atoms with Crippen LogP contribution >= 0.6 is 34.5 Å². The molecule has 1 aliphatic rings. The smallest absolute Gasteiger partial charge is 0.261 e. The minimum Gasteiger partial charge on any atom is -0.379 e. The molecule has 0 bridgehead atoms. The lowest BCUT2D eigenvalue weighted by Gasteiger charge is -2.27. The van der Waals surface area contributed by atoms with Gasteiger partial charge in [-0.2, -0.15) is 0 Å². The van der Waals surface area contributed by atoms with E-state index in [4.69, 9.17) is 27.9 Å². The Balaban J connectivity index is 1.60. The van der Waals surface area contributed by atoms with Crippen molar-refractivity contribution in [2.24, 2.45) is 0 Å². The highest BCUT2D eigenvalue weighted by molar-refractivity contribution is 7.22. The van der Waals surface area contributed by atoms with Gasteiger partial charge >= 0.3 is 0 Å². The average Bonchev–Trinajstić information content (AvgIpc) is 3.16. The van der Waals surface area contributed by atoms with Gasteiger partial charge < -0.3 is 4.74 Å². The molecule has 1 aromatic heterocycles. The molecule has 5 nitrogen and oxygen atoms in total. The van der Waals surface area contributed by atoms with Gasteiger partial charge in [0.05, 0.1) is 34.0 Å². The van der Waals surface area contributed by atoms with Crippen molar-refractivity contribution >= 4 is 55.8 Å². The SMILES string of the molecule is O=C(c1cc(Cl)ccc1Cl)N(CCCN1CCOCC1)c1nc2ccc(F)cc2s1. The van der Waals surface area contributed by atoms with Crippen molar-refractivity contribution in [1.29, 1.82) is 0 Å². The van der Waals surface area contributed by atoms with Gasteiger partial charge in [0.25, 0.3) is 5.91 Å². The lowest BCUT2D eigenvalue weighted by molar-refractivity contribution is 0.0376. The van der Waals surface area contributed by atoms with E-state index in [9.17, 15) is 9.18 Å². The van der Waals surface area contributed by atoms with Crippen molar-refractivity contribution in [3.05, 3.63) is 57.8 Å². The molecule has 0 N–H and O–H groups in total. The van der Waals surface area contributed by atoms with Gasteiger partial charge in [-0.15, -0.1) is 0 Å². The molecule has 9 heteroatoms. The first-order valence-electron chi connectivity index (χ1n) is 9.64. The second-order valence-electron chi connectivity index (χ2n) is 7.00. The third kappa shape index (κ3) is 4.92. The van der Waals surface area contributed by atoms with E-state index in [1.807, 2.05) is 0 Å². The maximum atomic E-state index is 13.6. The summed E-state index contributed by atoms with van der Waals surface area (Å²) in [7, 11) is 0. The predicted molar refractivity (Wildman–Crippen MR) is 120 cm³/mol. The van der Waals surface area contributed by atoms with E-state index in [-0.39, 0.29) is 11.7 Å². The van der Waals surface area contributed by atoms with E-state index in [2.05, 4.69) is 9.88 Å². The van der Waals surface area contributed by atoms with Crippen LogP contribution in [0.2, 0.25) is 10.0 Å². The Bertz CT molecular complexity index is 1060. The molecule has 1 saturated heterocycles. The third-order valence-corrected chi connectivity index (χ3v) is 6.54. The van der Waals surface area contributed by atoms with E-state index in [0.29, 0.717) is 37.5 Å². The number of nitrogens with zero attached hydrogens (tertiary/aromatic N) is 3. The average molecular weight is 468 g/mol. The largest absolute Gasteiger partial charge is 0.379 e. The number of thiazole rings is 1. The zero-order valence-electron chi connectivity index (χ0n) is 16.1. The monoisotopic (exact) mass is 467 g/mol. The molecule has 0 aliphatic carbocycles. The minimum absolute atomic E-state index is 0.274. The van der Waals surface area contributed by atoms with Crippen LogP contribution in [0.5, 0.6) is 0 Å². The summed E-state index contributed by atoms with van der Waals surface area (Å²) in [4.78, 5) is 21.9. The minimum atomic E-state index is -0.333. The van der Waals surface area contributed by atoms with Crippen molar-refractivity contribution in [3.63, 3.8) is 0 Å². The van der Waals surface area contributed by atoms with Gasteiger partial charge in [-0.3, -0.25) is 14.6 Å². The number of hydrogen-bond acceptors (Lipinski definition) is 5. The molecule has 0 spiro atoms. The standard InChI is InChI=1S/C21H20Cl2FN3O2S/c22-14-2-4-17(23)16(12-14)20(28)27(7-1-6-26-8-10-29-11-9-26)21-25-18-5-3-15(24)13-19(18)30-21/h2-5,12-13H,1,6-11H2. The highest BCUT2D eigenvalue weighted by Crippen LogP contribution is 2.32. The number of morpholine rings is 1. The first-order chi connectivity index (χ1) is 14.5. The molecule has 158 valence electrons. The number of aromatic nitrogens is 1. The van der Waals surface area contributed by atoms with E-state index in [1.165, 1.54) is 23.5 Å². The van der Waals surface area contributed by atoms with Crippen LogP contribution in [0.1, 0.15) is 16.8 Å². The van der Waals surface area contributed by atoms with Crippen LogP contribution in [0.25, 0.3) is 10.2 Å². The number of amides is 1. The van der Waals surface area contributed by atoms with Gasteiger partial charge in [0, 0.05) is 31.2 Å². The van der Waals surface area contributed by atoms with E-state index >= 15 is 0 Å². The molecule has 30 heavy (non-hydrogen) atoms. The van der Waals surface area contributed by atoms with Gasteiger partial charge in [-0.1, -0.05) is 34.5 Å². The Morgan fingerprint density at radius 3 is 2.80 bits per heavy atom. The van der Waals surface area contributed by atoms with Crippen LogP contribution in [-0.4, -0.2) is 55.2 Å². The third-order valence-electron chi connectivity index (χ3n) is 4.93. The Labute approximate surface area is 188 Å². The Hall–Kier alpha value is -1.77. The highest BCUT2D eigenvalue weighted by Gasteiger charge is 2.24. The molecular formula is C21H20Cl2FN3O2S. The fourth-order valence-electron chi connectivity index (χ4n) is 3.37. The Morgan fingerprint density at radius 2 is 2.00 bits per heavy atom. The fraction of sp³-hybridized carbons (Fsp3) is 0.333. The molecule has 3 aromatic rings. The molecule has 0 unspecified atom stereocenters. The lowest BCUT2D eigenvalue weighted by atomic mass is 10.2. The number of carbonyl (C=O) groups is 1. The van der Waals surface area contributed by atoms with Crippen molar-refractivity contribution in [3.8, 4) is 0 Å². The summed E-state index contributed by atoms with van der Waals surface area (Å²) in [5.74, 6) is -0.607. The Morgan fingerprint density at radius 1 is 1.20 bits per heavy atom. The molecule has 0 radical (unpaired) electrons. The second-order valence-corrected chi connectivity index (χ2v) is 8.85. The van der Waals surface area contributed by atoms with Crippen LogP contribution < -0.4 is 4.90 Å².